The Morgan fingerprint density at radius 2 is 2.20 bits per heavy atom. The molecule has 2 unspecified atom stereocenters. The fraction of sp³-hybridized carbons (Fsp3) is 0.500. The molecule has 0 spiro atoms. The van der Waals surface area contributed by atoms with Crippen LogP contribution in [-0.2, 0) is 0 Å². The van der Waals surface area contributed by atoms with Gasteiger partial charge in [0.1, 0.15) is 5.75 Å². The Balaban J connectivity index is 1.70. The summed E-state index contributed by atoms with van der Waals surface area (Å²) in [5, 5.41) is 9.40. The number of hydrogen-bond acceptors (Lipinski definition) is 2. The molecule has 2 atom stereocenters. The molecular weight excluding hydrogens is 262 g/mol. The average molecular weight is 282 g/mol. The molecule has 0 radical (unpaired) electrons. The number of rotatable bonds is 6. The molecule has 0 amide bonds. The second kappa shape index (κ2) is 7.39. The number of aliphatic hydroxyl groups is 1. The SMILES string of the molecule is OC1CCC(/C=C/CCOc2cccc(C(F)F)c2)C1. The minimum Gasteiger partial charge on any atom is -0.493 e. The van der Waals surface area contributed by atoms with Gasteiger partial charge in [0.05, 0.1) is 12.7 Å². The van der Waals surface area contributed by atoms with Gasteiger partial charge in [-0.1, -0.05) is 24.3 Å². The van der Waals surface area contributed by atoms with Crippen molar-refractivity contribution in [1.82, 2.24) is 0 Å². The summed E-state index contributed by atoms with van der Waals surface area (Å²) < 4.78 is 30.5. The lowest BCUT2D eigenvalue weighted by Gasteiger charge is -2.07. The van der Waals surface area contributed by atoms with Gasteiger partial charge in [-0.05, 0) is 43.7 Å². The zero-order chi connectivity index (χ0) is 14.4. The minimum absolute atomic E-state index is 0.0158. The predicted molar refractivity (Wildman–Crippen MR) is 74.0 cm³/mol. The topological polar surface area (TPSA) is 29.5 Å². The number of allylic oxidation sites excluding steroid dienone is 1. The van der Waals surface area contributed by atoms with Crippen LogP contribution in [0.4, 0.5) is 8.78 Å². The first-order valence-electron chi connectivity index (χ1n) is 7.01. The summed E-state index contributed by atoms with van der Waals surface area (Å²) in [6.45, 7) is 0.471. The van der Waals surface area contributed by atoms with E-state index in [0.717, 1.165) is 25.7 Å². The van der Waals surface area contributed by atoms with Gasteiger partial charge in [0.15, 0.2) is 0 Å². The van der Waals surface area contributed by atoms with Crippen molar-refractivity contribution in [3.8, 4) is 5.75 Å². The molecule has 2 nitrogen and oxygen atoms in total. The van der Waals surface area contributed by atoms with Crippen LogP contribution in [0.25, 0.3) is 0 Å². The van der Waals surface area contributed by atoms with Gasteiger partial charge in [0.25, 0.3) is 6.43 Å². The summed E-state index contributed by atoms with van der Waals surface area (Å²) in [5.74, 6) is 0.944. The van der Waals surface area contributed by atoms with Crippen molar-refractivity contribution in [2.45, 2.75) is 38.2 Å². The van der Waals surface area contributed by atoms with E-state index in [9.17, 15) is 13.9 Å². The van der Waals surface area contributed by atoms with E-state index in [1.165, 1.54) is 12.1 Å². The maximum absolute atomic E-state index is 12.5. The molecule has 1 aromatic rings. The van der Waals surface area contributed by atoms with E-state index in [1.807, 2.05) is 6.08 Å². The molecule has 20 heavy (non-hydrogen) atoms. The fourth-order valence-corrected chi connectivity index (χ4v) is 2.44. The quantitative estimate of drug-likeness (QED) is 0.628. The predicted octanol–water partition coefficient (Wildman–Crippen LogP) is 4.11. The highest BCUT2D eigenvalue weighted by Gasteiger charge is 2.19. The van der Waals surface area contributed by atoms with Crippen LogP contribution in [0.15, 0.2) is 36.4 Å². The third kappa shape index (κ3) is 4.60. The Kier molecular flexibility index (Phi) is 5.53. The molecule has 0 heterocycles. The molecular formula is C16H20F2O2. The number of ether oxygens (including phenoxy) is 1. The Morgan fingerprint density at radius 1 is 1.35 bits per heavy atom. The maximum Gasteiger partial charge on any atom is 0.263 e. The second-order valence-corrected chi connectivity index (χ2v) is 5.17. The zero-order valence-corrected chi connectivity index (χ0v) is 11.3. The molecule has 4 heteroatoms. The van der Waals surface area contributed by atoms with Gasteiger partial charge in [-0.15, -0.1) is 0 Å². The summed E-state index contributed by atoms with van der Waals surface area (Å²) in [5.41, 5.74) is -0.0158. The van der Waals surface area contributed by atoms with Crippen LogP contribution < -0.4 is 4.74 Å². The summed E-state index contributed by atoms with van der Waals surface area (Å²) in [6, 6.07) is 6.03. The molecule has 1 saturated carbocycles. The summed E-state index contributed by atoms with van der Waals surface area (Å²) in [6.07, 6.45) is 5.04. The molecule has 1 aliphatic carbocycles. The first kappa shape index (κ1) is 15.0. The molecule has 1 aromatic carbocycles. The lowest BCUT2D eigenvalue weighted by molar-refractivity contribution is 0.151. The van der Waals surface area contributed by atoms with Crippen LogP contribution in [0, 0.1) is 5.92 Å². The Labute approximate surface area is 118 Å². The molecule has 1 N–H and O–H groups in total. The third-order valence-electron chi connectivity index (χ3n) is 3.52. The van der Waals surface area contributed by atoms with Crippen molar-refractivity contribution >= 4 is 0 Å². The van der Waals surface area contributed by atoms with E-state index in [-0.39, 0.29) is 11.7 Å². The van der Waals surface area contributed by atoms with E-state index in [2.05, 4.69) is 6.08 Å². The van der Waals surface area contributed by atoms with Crippen LogP contribution >= 0.6 is 0 Å². The number of benzene rings is 1. The molecule has 2 rings (SSSR count). The van der Waals surface area contributed by atoms with Crippen molar-refractivity contribution in [3.05, 3.63) is 42.0 Å². The molecule has 1 aliphatic rings. The number of halogens is 2. The van der Waals surface area contributed by atoms with Gasteiger partial charge in [0, 0.05) is 5.56 Å². The highest BCUT2D eigenvalue weighted by Crippen LogP contribution is 2.26. The van der Waals surface area contributed by atoms with Crippen molar-refractivity contribution < 1.29 is 18.6 Å². The molecule has 0 bridgehead atoms. The van der Waals surface area contributed by atoms with Crippen molar-refractivity contribution in [2.24, 2.45) is 5.92 Å². The van der Waals surface area contributed by atoms with Gasteiger partial charge in [0.2, 0.25) is 0 Å². The normalized spacial score (nSPS) is 22.8. The first-order valence-corrected chi connectivity index (χ1v) is 7.01. The third-order valence-corrected chi connectivity index (χ3v) is 3.52. The highest BCUT2D eigenvalue weighted by molar-refractivity contribution is 5.29. The van der Waals surface area contributed by atoms with Crippen LogP contribution in [0.5, 0.6) is 5.75 Å². The van der Waals surface area contributed by atoms with Crippen molar-refractivity contribution in [3.63, 3.8) is 0 Å². The Bertz CT molecular complexity index is 446. The monoisotopic (exact) mass is 282 g/mol. The van der Waals surface area contributed by atoms with Crippen molar-refractivity contribution in [2.75, 3.05) is 6.61 Å². The largest absolute Gasteiger partial charge is 0.493 e. The van der Waals surface area contributed by atoms with E-state index < -0.39 is 6.43 Å². The maximum atomic E-state index is 12.5. The van der Waals surface area contributed by atoms with Gasteiger partial charge in [-0.25, -0.2) is 8.78 Å². The average Bonchev–Trinajstić information content (AvgIpc) is 2.84. The number of hydrogen-bond donors (Lipinski definition) is 1. The number of alkyl halides is 2. The van der Waals surface area contributed by atoms with Crippen LogP contribution in [0.1, 0.15) is 37.7 Å². The zero-order valence-electron chi connectivity index (χ0n) is 11.3. The summed E-state index contributed by atoms with van der Waals surface area (Å²) in [7, 11) is 0. The summed E-state index contributed by atoms with van der Waals surface area (Å²) >= 11 is 0. The molecule has 0 aromatic heterocycles. The summed E-state index contributed by atoms with van der Waals surface area (Å²) in [4.78, 5) is 0. The Hall–Kier alpha value is -1.42. The van der Waals surface area contributed by atoms with E-state index >= 15 is 0 Å². The van der Waals surface area contributed by atoms with Gasteiger partial charge in [-0.2, -0.15) is 0 Å². The van der Waals surface area contributed by atoms with Gasteiger partial charge >= 0.3 is 0 Å². The molecule has 1 fully saturated rings. The van der Waals surface area contributed by atoms with Gasteiger partial charge < -0.3 is 9.84 Å². The van der Waals surface area contributed by atoms with E-state index in [4.69, 9.17) is 4.74 Å². The Morgan fingerprint density at radius 3 is 2.90 bits per heavy atom. The van der Waals surface area contributed by atoms with Crippen LogP contribution in [0.2, 0.25) is 0 Å². The lowest BCUT2D eigenvalue weighted by Crippen LogP contribution is -1.99. The van der Waals surface area contributed by atoms with E-state index in [0.29, 0.717) is 18.3 Å². The van der Waals surface area contributed by atoms with E-state index in [1.54, 1.807) is 12.1 Å². The van der Waals surface area contributed by atoms with Crippen molar-refractivity contribution in [1.29, 1.82) is 0 Å². The second-order valence-electron chi connectivity index (χ2n) is 5.17. The minimum atomic E-state index is -2.47. The molecule has 110 valence electrons. The smallest absolute Gasteiger partial charge is 0.263 e. The lowest BCUT2D eigenvalue weighted by atomic mass is 10.1. The van der Waals surface area contributed by atoms with Gasteiger partial charge in [-0.3, -0.25) is 0 Å². The fourth-order valence-electron chi connectivity index (χ4n) is 2.44. The molecule has 0 saturated heterocycles. The van der Waals surface area contributed by atoms with Crippen LogP contribution in [0.3, 0.4) is 0 Å². The first-order chi connectivity index (χ1) is 9.65. The number of aliphatic hydroxyl groups excluding tert-OH is 1. The van der Waals surface area contributed by atoms with Crippen LogP contribution in [-0.4, -0.2) is 17.8 Å². The standard InChI is InChI=1S/C16H20F2O2/c17-16(18)13-5-3-6-15(11-13)20-9-2-1-4-12-7-8-14(19)10-12/h1,3-6,11-12,14,16,19H,2,7-10H2/b4-1+. The highest BCUT2D eigenvalue weighted by atomic mass is 19.3. The molecule has 0 aliphatic heterocycles.